The van der Waals surface area contributed by atoms with Crippen LogP contribution in [0.2, 0.25) is 0 Å². The summed E-state index contributed by atoms with van der Waals surface area (Å²) in [6.45, 7) is 1.84. The second-order valence-electron chi connectivity index (χ2n) is 7.12. The van der Waals surface area contributed by atoms with Crippen LogP contribution in [0.3, 0.4) is 0 Å². The molecule has 0 saturated carbocycles. The number of carbonyl (C=O) groups excluding carboxylic acids is 4. The summed E-state index contributed by atoms with van der Waals surface area (Å²) >= 11 is 1.34. The van der Waals surface area contributed by atoms with Gasteiger partial charge in [0, 0.05) is 24.3 Å². The Morgan fingerprint density at radius 2 is 1.65 bits per heavy atom. The van der Waals surface area contributed by atoms with Crippen LogP contribution in [0.15, 0.2) is 60.0 Å². The molecule has 4 rings (SSSR count). The van der Waals surface area contributed by atoms with Gasteiger partial charge in [-0.05, 0) is 48.7 Å². The van der Waals surface area contributed by atoms with Crippen molar-refractivity contribution in [2.45, 2.75) is 13.3 Å². The minimum Gasteiger partial charge on any atom is -0.326 e. The molecule has 0 unspecified atom stereocenters. The highest BCUT2D eigenvalue weighted by molar-refractivity contribution is 7.12. The molecule has 4 amide bonds. The zero-order valence-corrected chi connectivity index (χ0v) is 17.5. The lowest BCUT2D eigenvalue weighted by molar-refractivity contribution is -0.116. The first-order valence-corrected chi connectivity index (χ1v) is 10.5. The van der Waals surface area contributed by atoms with Crippen LogP contribution in [-0.2, 0) is 4.79 Å². The Morgan fingerprint density at radius 1 is 0.903 bits per heavy atom. The number of benzene rings is 2. The molecule has 0 saturated heterocycles. The lowest BCUT2D eigenvalue weighted by atomic mass is 10.1. The highest BCUT2D eigenvalue weighted by atomic mass is 32.1. The molecule has 0 spiro atoms. The maximum absolute atomic E-state index is 12.5. The van der Waals surface area contributed by atoms with Gasteiger partial charge in [0.2, 0.25) is 5.91 Å². The number of thiophene rings is 1. The fourth-order valence-corrected chi connectivity index (χ4v) is 3.94. The van der Waals surface area contributed by atoms with Crippen LogP contribution >= 0.6 is 11.3 Å². The third-order valence-electron chi connectivity index (χ3n) is 4.84. The molecule has 0 aliphatic carbocycles. The van der Waals surface area contributed by atoms with Gasteiger partial charge >= 0.3 is 0 Å². The van der Waals surface area contributed by atoms with Crippen molar-refractivity contribution in [2.24, 2.45) is 0 Å². The number of hydrogen-bond acceptors (Lipinski definition) is 5. The van der Waals surface area contributed by atoms with Crippen molar-refractivity contribution < 1.29 is 19.2 Å². The summed E-state index contributed by atoms with van der Waals surface area (Å²) in [5.74, 6) is -1.32. The van der Waals surface area contributed by atoms with Crippen LogP contribution < -0.4 is 10.6 Å². The van der Waals surface area contributed by atoms with Gasteiger partial charge in [-0.25, -0.2) is 0 Å². The summed E-state index contributed by atoms with van der Waals surface area (Å²) < 4.78 is 0. The highest BCUT2D eigenvalue weighted by Crippen LogP contribution is 2.24. The third kappa shape index (κ3) is 4.39. The molecule has 2 N–H and O–H groups in total. The Labute approximate surface area is 182 Å². The second kappa shape index (κ2) is 8.53. The number of fused-ring (bicyclic) bond motifs is 1. The van der Waals surface area contributed by atoms with Crippen molar-refractivity contribution in [1.29, 1.82) is 0 Å². The normalized spacial score (nSPS) is 12.6. The van der Waals surface area contributed by atoms with Gasteiger partial charge in [-0.2, -0.15) is 0 Å². The predicted octanol–water partition coefficient (Wildman–Crippen LogP) is 3.93. The van der Waals surface area contributed by atoms with Crippen LogP contribution in [0.25, 0.3) is 0 Å². The van der Waals surface area contributed by atoms with E-state index in [1.807, 2.05) is 12.3 Å². The van der Waals surface area contributed by atoms with Crippen molar-refractivity contribution in [3.05, 3.63) is 81.5 Å². The number of nitrogens with one attached hydrogen (secondary N) is 2. The van der Waals surface area contributed by atoms with Crippen LogP contribution in [0.1, 0.15) is 42.4 Å². The summed E-state index contributed by atoms with van der Waals surface area (Å²) in [4.78, 5) is 51.2. The molecule has 156 valence electrons. The van der Waals surface area contributed by atoms with Crippen LogP contribution in [0, 0.1) is 6.92 Å². The molecule has 2 aromatic carbocycles. The summed E-state index contributed by atoms with van der Waals surface area (Å²) in [7, 11) is 0. The van der Waals surface area contributed by atoms with Crippen molar-refractivity contribution in [3.63, 3.8) is 0 Å². The number of aryl methyl sites for hydroxylation is 1. The van der Waals surface area contributed by atoms with E-state index < -0.39 is 0 Å². The number of amides is 4. The quantitative estimate of drug-likeness (QED) is 0.576. The van der Waals surface area contributed by atoms with E-state index in [2.05, 4.69) is 10.6 Å². The topological polar surface area (TPSA) is 95.6 Å². The maximum atomic E-state index is 12.5. The van der Waals surface area contributed by atoms with E-state index in [1.165, 1.54) is 11.3 Å². The van der Waals surface area contributed by atoms with Crippen molar-refractivity contribution in [2.75, 3.05) is 17.2 Å². The zero-order chi connectivity index (χ0) is 22.0. The van der Waals surface area contributed by atoms with Gasteiger partial charge in [-0.1, -0.05) is 23.8 Å². The summed E-state index contributed by atoms with van der Waals surface area (Å²) in [5, 5.41) is 7.34. The van der Waals surface area contributed by atoms with Gasteiger partial charge in [0.1, 0.15) is 0 Å². The lowest BCUT2D eigenvalue weighted by Gasteiger charge is -2.14. The van der Waals surface area contributed by atoms with Crippen LogP contribution in [0.4, 0.5) is 11.4 Å². The van der Waals surface area contributed by atoms with Crippen molar-refractivity contribution in [3.8, 4) is 0 Å². The minimum atomic E-state index is -0.383. The molecule has 7 nitrogen and oxygen atoms in total. The number of carbonyl (C=O) groups is 4. The van der Waals surface area contributed by atoms with E-state index in [0.29, 0.717) is 27.4 Å². The molecule has 0 bridgehead atoms. The molecule has 1 aromatic heterocycles. The minimum absolute atomic E-state index is 0.00790. The van der Waals surface area contributed by atoms with Gasteiger partial charge < -0.3 is 10.6 Å². The number of imide groups is 1. The van der Waals surface area contributed by atoms with E-state index in [4.69, 9.17) is 0 Å². The van der Waals surface area contributed by atoms with E-state index in [0.717, 1.165) is 10.5 Å². The molecule has 31 heavy (non-hydrogen) atoms. The van der Waals surface area contributed by atoms with E-state index >= 15 is 0 Å². The Morgan fingerprint density at radius 3 is 2.39 bits per heavy atom. The SMILES string of the molecule is Cc1ccc2c(c1)C(=O)N(CCC(=O)Nc1cccc(NC(=O)c3cccs3)c1)C2=O. The van der Waals surface area contributed by atoms with Gasteiger partial charge in [0.25, 0.3) is 17.7 Å². The molecule has 0 atom stereocenters. The smallest absolute Gasteiger partial charge is 0.265 e. The molecule has 0 radical (unpaired) electrons. The first-order chi connectivity index (χ1) is 14.9. The highest BCUT2D eigenvalue weighted by Gasteiger charge is 2.35. The van der Waals surface area contributed by atoms with E-state index in [1.54, 1.807) is 54.6 Å². The number of nitrogens with zero attached hydrogens (tertiary/aromatic N) is 1. The number of rotatable bonds is 6. The average Bonchev–Trinajstić information content (AvgIpc) is 3.35. The molecular formula is C23H19N3O4S. The predicted molar refractivity (Wildman–Crippen MR) is 119 cm³/mol. The molecule has 1 aliphatic heterocycles. The fourth-order valence-electron chi connectivity index (χ4n) is 3.32. The average molecular weight is 433 g/mol. The summed E-state index contributed by atoms with van der Waals surface area (Å²) in [6.07, 6.45) is -0.0315. The monoisotopic (exact) mass is 433 g/mol. The first kappa shape index (κ1) is 20.5. The Hall–Kier alpha value is -3.78. The summed E-state index contributed by atoms with van der Waals surface area (Å²) in [6, 6.07) is 15.4. The fraction of sp³-hybridized carbons (Fsp3) is 0.130. The van der Waals surface area contributed by atoms with Gasteiger partial charge in [0.05, 0.1) is 16.0 Å². The Balaban J connectivity index is 1.35. The first-order valence-electron chi connectivity index (χ1n) is 9.64. The Bertz CT molecular complexity index is 1190. The standard InChI is InChI=1S/C23H19N3O4S/c1-14-7-8-17-18(12-14)23(30)26(22(17)29)10-9-20(27)24-15-4-2-5-16(13-15)25-21(28)19-6-3-11-31-19/h2-8,11-13H,9-10H2,1H3,(H,24,27)(H,25,28). The van der Waals surface area contributed by atoms with Gasteiger partial charge in [0.15, 0.2) is 0 Å². The van der Waals surface area contributed by atoms with Crippen molar-refractivity contribution >= 4 is 46.3 Å². The number of anilines is 2. The zero-order valence-electron chi connectivity index (χ0n) is 16.7. The van der Waals surface area contributed by atoms with Crippen LogP contribution in [-0.4, -0.2) is 35.1 Å². The Kier molecular flexibility index (Phi) is 5.64. The van der Waals surface area contributed by atoms with Gasteiger partial charge in [-0.3, -0.25) is 24.1 Å². The molecule has 1 aliphatic rings. The van der Waals surface area contributed by atoms with Gasteiger partial charge in [-0.15, -0.1) is 11.3 Å². The second-order valence-corrected chi connectivity index (χ2v) is 8.07. The van der Waals surface area contributed by atoms with E-state index in [9.17, 15) is 19.2 Å². The summed E-state index contributed by atoms with van der Waals surface area (Å²) in [5.41, 5.74) is 2.69. The molecule has 3 aromatic rings. The molecular weight excluding hydrogens is 414 g/mol. The molecule has 0 fully saturated rings. The largest absolute Gasteiger partial charge is 0.326 e. The molecule has 8 heteroatoms. The molecule has 2 heterocycles. The van der Waals surface area contributed by atoms with Crippen LogP contribution in [0.5, 0.6) is 0 Å². The lowest BCUT2D eigenvalue weighted by Crippen LogP contribution is -2.32. The third-order valence-corrected chi connectivity index (χ3v) is 5.71. The van der Waals surface area contributed by atoms with E-state index in [-0.39, 0.29) is 36.6 Å². The maximum Gasteiger partial charge on any atom is 0.265 e. The van der Waals surface area contributed by atoms with Crippen molar-refractivity contribution in [1.82, 2.24) is 4.90 Å². The number of hydrogen-bond donors (Lipinski definition) is 2.